The van der Waals surface area contributed by atoms with Crippen molar-refractivity contribution in [3.8, 4) is 0 Å². The van der Waals surface area contributed by atoms with E-state index in [0.717, 1.165) is 25.0 Å². The number of piperidine rings is 2. The van der Waals surface area contributed by atoms with Crippen molar-refractivity contribution in [1.82, 2.24) is 4.90 Å². The third-order valence-corrected chi connectivity index (χ3v) is 10.6. The van der Waals surface area contributed by atoms with Gasteiger partial charge in [-0.05, 0) is 37.0 Å². The van der Waals surface area contributed by atoms with E-state index >= 15 is 0 Å². The van der Waals surface area contributed by atoms with Gasteiger partial charge in [0, 0.05) is 48.2 Å². The molecule has 6 heteroatoms. The molecular formula is C22H29NO5. The summed E-state index contributed by atoms with van der Waals surface area (Å²) in [6.45, 7) is 8.85. The second-order valence-corrected chi connectivity index (χ2v) is 11.5. The minimum absolute atomic E-state index is 0.0237. The summed E-state index contributed by atoms with van der Waals surface area (Å²) in [4.78, 5) is 14.3. The molecule has 6 nitrogen and oxygen atoms in total. The van der Waals surface area contributed by atoms with E-state index in [1.54, 1.807) is 0 Å². The van der Waals surface area contributed by atoms with Crippen molar-refractivity contribution in [2.24, 2.45) is 34.0 Å². The van der Waals surface area contributed by atoms with Crippen LogP contribution < -0.4 is 0 Å². The second-order valence-electron chi connectivity index (χ2n) is 11.5. The minimum Gasteiger partial charge on any atom is -0.463 e. The summed E-state index contributed by atoms with van der Waals surface area (Å²) in [5.41, 5.74) is -1.07. The minimum atomic E-state index is -1.20. The Morgan fingerprint density at radius 1 is 1.25 bits per heavy atom. The molecular weight excluding hydrogens is 358 g/mol. The van der Waals surface area contributed by atoms with Crippen LogP contribution in [0.5, 0.6) is 0 Å². The van der Waals surface area contributed by atoms with Crippen LogP contribution in [0.25, 0.3) is 0 Å². The Bertz CT molecular complexity index is 860. The van der Waals surface area contributed by atoms with Crippen LogP contribution in [0.3, 0.4) is 0 Å². The number of carbonyl (C=O) groups excluding carboxylic acids is 1. The number of esters is 1. The molecule has 9 rings (SSSR count). The first-order valence-corrected chi connectivity index (χ1v) is 10.8. The van der Waals surface area contributed by atoms with Gasteiger partial charge in [-0.3, -0.25) is 9.69 Å². The van der Waals surface area contributed by atoms with E-state index in [-0.39, 0.29) is 34.9 Å². The van der Waals surface area contributed by atoms with Crippen LogP contribution in [0, 0.1) is 34.0 Å². The SMILES string of the molecule is C=C1CC23C[C@H]4[C@@H]5[C@@]6(C)CC(OC(C)=O)C[C@]57C(N4C6)[C@@]2(O)C(O)[C@H]1C(O)[C@H]37. The number of carbonyl (C=O) groups is 1. The van der Waals surface area contributed by atoms with Crippen LogP contribution in [0.4, 0.5) is 0 Å². The van der Waals surface area contributed by atoms with E-state index in [1.165, 1.54) is 6.92 Å². The molecule has 0 radical (unpaired) electrons. The summed E-state index contributed by atoms with van der Waals surface area (Å²) in [5, 5.41) is 35.1. The molecule has 3 saturated heterocycles. The van der Waals surface area contributed by atoms with Gasteiger partial charge in [0.05, 0.1) is 12.2 Å². The van der Waals surface area contributed by atoms with Gasteiger partial charge in [-0.25, -0.2) is 0 Å². The Balaban J connectivity index is 1.49. The van der Waals surface area contributed by atoms with Crippen LogP contribution in [0.2, 0.25) is 0 Å². The topological polar surface area (TPSA) is 90.2 Å². The lowest BCUT2D eigenvalue weighted by Gasteiger charge is -2.67. The molecule has 9 aliphatic rings. The van der Waals surface area contributed by atoms with Gasteiger partial charge in [-0.15, -0.1) is 0 Å². The Morgan fingerprint density at radius 2 is 2.00 bits per heavy atom. The number of aliphatic hydroxyl groups is 3. The Morgan fingerprint density at radius 3 is 2.71 bits per heavy atom. The predicted octanol–water partition coefficient (Wildman–Crippen LogP) is 0.450. The lowest BCUT2D eigenvalue weighted by atomic mass is 9.39. The zero-order chi connectivity index (χ0) is 19.6. The van der Waals surface area contributed by atoms with Gasteiger partial charge in [-0.2, -0.15) is 0 Å². The zero-order valence-corrected chi connectivity index (χ0v) is 16.5. The number of aliphatic hydroxyl groups excluding tert-OH is 2. The standard InChI is InChI=1S/C22H29NO5/c1-9-4-20-7-12-15-19(3)5-11(28-10(2)24)6-21(15)16(20)14(25)13(9)17(26)22(20,27)18(21)23(12)8-19/h11-18,25-27H,1,4-8H2,2-3H3/t11?,12-,13+,14?,15+,16+,17?,18?,19-,20?,21-,22-/m0/s1. The van der Waals surface area contributed by atoms with E-state index in [9.17, 15) is 20.1 Å². The highest BCUT2D eigenvalue weighted by molar-refractivity contribution is 5.66. The van der Waals surface area contributed by atoms with Crippen LogP contribution >= 0.6 is 0 Å². The third kappa shape index (κ3) is 1.26. The predicted molar refractivity (Wildman–Crippen MR) is 97.9 cm³/mol. The van der Waals surface area contributed by atoms with Crippen LogP contribution in [0.1, 0.15) is 39.5 Å². The van der Waals surface area contributed by atoms with Crippen molar-refractivity contribution in [3.63, 3.8) is 0 Å². The van der Waals surface area contributed by atoms with E-state index in [1.807, 2.05) is 0 Å². The number of rotatable bonds is 1. The molecule has 6 unspecified atom stereocenters. The zero-order valence-electron chi connectivity index (χ0n) is 16.5. The van der Waals surface area contributed by atoms with Crippen molar-refractivity contribution in [3.05, 3.63) is 12.2 Å². The molecule has 6 saturated carbocycles. The molecule has 9 bridgehead atoms. The first-order valence-electron chi connectivity index (χ1n) is 10.8. The van der Waals surface area contributed by atoms with Gasteiger partial charge in [0.1, 0.15) is 11.7 Å². The highest BCUT2D eigenvalue weighted by Gasteiger charge is 2.94. The molecule has 0 aromatic heterocycles. The lowest BCUT2D eigenvalue weighted by molar-refractivity contribution is -0.280. The Labute approximate surface area is 164 Å². The monoisotopic (exact) mass is 387 g/mol. The molecule has 0 amide bonds. The molecule has 6 aliphatic carbocycles. The maximum Gasteiger partial charge on any atom is 0.302 e. The van der Waals surface area contributed by atoms with Gasteiger partial charge >= 0.3 is 5.97 Å². The summed E-state index contributed by atoms with van der Waals surface area (Å²) in [6, 6.07) is 0.245. The van der Waals surface area contributed by atoms with E-state index in [2.05, 4.69) is 18.4 Å². The highest BCUT2D eigenvalue weighted by atomic mass is 16.5. The maximum atomic E-state index is 12.2. The van der Waals surface area contributed by atoms with Crippen molar-refractivity contribution >= 4 is 5.97 Å². The van der Waals surface area contributed by atoms with Gasteiger partial charge in [-0.1, -0.05) is 19.1 Å². The lowest BCUT2D eigenvalue weighted by Crippen LogP contribution is -2.76. The second kappa shape index (κ2) is 4.25. The number of fused-ring (bicyclic) bond motifs is 1. The smallest absolute Gasteiger partial charge is 0.302 e. The van der Waals surface area contributed by atoms with E-state index in [0.29, 0.717) is 24.8 Å². The highest BCUT2D eigenvalue weighted by Crippen LogP contribution is 2.88. The molecule has 3 heterocycles. The van der Waals surface area contributed by atoms with Gasteiger partial charge in [0.2, 0.25) is 0 Å². The van der Waals surface area contributed by atoms with Crippen LogP contribution in [-0.4, -0.2) is 68.7 Å². The van der Waals surface area contributed by atoms with E-state index < -0.39 is 29.1 Å². The van der Waals surface area contributed by atoms with Crippen molar-refractivity contribution in [2.75, 3.05) is 6.54 Å². The van der Waals surface area contributed by atoms with Crippen molar-refractivity contribution in [2.45, 2.75) is 75.5 Å². The molecule has 9 fully saturated rings. The molecule has 2 spiro atoms. The number of hydrogen-bond acceptors (Lipinski definition) is 6. The van der Waals surface area contributed by atoms with Crippen molar-refractivity contribution in [1.29, 1.82) is 0 Å². The number of hydrogen-bond donors (Lipinski definition) is 3. The molecule has 3 N–H and O–H groups in total. The fourth-order valence-corrected chi connectivity index (χ4v) is 11.0. The van der Waals surface area contributed by atoms with E-state index in [4.69, 9.17) is 4.74 Å². The average Bonchev–Trinajstić information content (AvgIpc) is 2.97. The molecule has 0 aromatic carbocycles. The van der Waals surface area contributed by atoms with Crippen LogP contribution in [-0.2, 0) is 9.53 Å². The maximum absolute atomic E-state index is 12.2. The summed E-state index contributed by atoms with van der Waals surface area (Å²) in [7, 11) is 0. The normalized spacial score (nSPS) is 69.3. The van der Waals surface area contributed by atoms with Gasteiger partial charge in [0.15, 0.2) is 0 Å². The molecule has 13 atom stereocenters. The summed E-state index contributed by atoms with van der Waals surface area (Å²) < 4.78 is 5.75. The first kappa shape index (κ1) is 16.8. The summed E-state index contributed by atoms with van der Waals surface area (Å²) in [6.07, 6.45) is 1.27. The fraction of sp³-hybridized carbons (Fsp3) is 0.864. The fourth-order valence-electron chi connectivity index (χ4n) is 11.0. The Hall–Kier alpha value is -0.950. The van der Waals surface area contributed by atoms with Gasteiger partial charge < -0.3 is 20.1 Å². The number of ether oxygens (including phenoxy) is 1. The first-order chi connectivity index (χ1) is 13.1. The average molecular weight is 387 g/mol. The quantitative estimate of drug-likeness (QED) is 0.447. The molecule has 0 aromatic rings. The largest absolute Gasteiger partial charge is 0.463 e. The molecule has 3 aliphatic heterocycles. The van der Waals surface area contributed by atoms with Gasteiger partial charge in [0.25, 0.3) is 0 Å². The Kier molecular flexibility index (Phi) is 2.55. The summed E-state index contributed by atoms with van der Waals surface area (Å²) >= 11 is 0. The third-order valence-electron chi connectivity index (χ3n) is 10.6. The van der Waals surface area contributed by atoms with Crippen molar-refractivity contribution < 1.29 is 24.9 Å². The number of nitrogens with zero attached hydrogens (tertiary/aromatic N) is 1. The van der Waals surface area contributed by atoms with Crippen LogP contribution in [0.15, 0.2) is 12.2 Å². The summed E-state index contributed by atoms with van der Waals surface area (Å²) in [5.74, 6) is -0.379. The molecule has 28 heavy (non-hydrogen) atoms. The molecule has 152 valence electrons.